The van der Waals surface area contributed by atoms with Crippen LogP contribution in [0.1, 0.15) is 33.4 Å². The number of hydrogen-bond acceptors (Lipinski definition) is 13. The normalized spacial score (nSPS) is 24.7. The highest BCUT2D eigenvalue weighted by molar-refractivity contribution is 7.87. The Balaban J connectivity index is 1.14. The minimum atomic E-state index is -6.27. The van der Waals surface area contributed by atoms with Gasteiger partial charge in [0.2, 0.25) is 0 Å². The number of halogens is 3. The van der Waals surface area contributed by atoms with E-state index in [4.69, 9.17) is 46.8 Å². The van der Waals surface area contributed by atoms with Gasteiger partial charge in [0.15, 0.2) is 12.6 Å². The fraction of sp³-hybridized carbons (Fsp3) is 0.345. The molecule has 72 heavy (non-hydrogen) atoms. The van der Waals surface area contributed by atoms with Crippen molar-refractivity contribution < 1.29 is 73.5 Å². The largest absolute Gasteiger partial charge is 0.523 e. The summed E-state index contributed by atoms with van der Waals surface area (Å²) in [4.78, 5) is 0. The zero-order chi connectivity index (χ0) is 50.2. The zero-order valence-electron chi connectivity index (χ0n) is 39.1. The summed E-state index contributed by atoms with van der Waals surface area (Å²) in [5.41, 5.74) is -1.29. The monoisotopic (exact) mass is 1010 g/mol. The molecular weight excluding hydrogens is 958 g/mol. The Bertz CT molecular complexity index is 2590. The number of alkyl halides is 3. The molecule has 0 aromatic heterocycles. The molecule has 2 heterocycles. The second-order valence-corrected chi connectivity index (χ2v) is 18.8. The molecule has 2 saturated heterocycles. The van der Waals surface area contributed by atoms with E-state index >= 15 is 0 Å². The highest BCUT2D eigenvalue weighted by Gasteiger charge is 2.56. The van der Waals surface area contributed by atoms with Gasteiger partial charge in [0.1, 0.15) is 48.8 Å². The predicted octanol–water partition coefficient (Wildman–Crippen LogP) is 8.82. The molecule has 0 spiro atoms. The molecule has 6 aromatic rings. The van der Waals surface area contributed by atoms with E-state index in [0.29, 0.717) is 11.1 Å². The van der Waals surface area contributed by atoms with E-state index < -0.39 is 90.3 Å². The van der Waals surface area contributed by atoms with E-state index in [1.165, 1.54) is 0 Å². The highest BCUT2D eigenvalue weighted by atomic mass is 32.2. The van der Waals surface area contributed by atoms with Gasteiger partial charge >= 0.3 is 15.6 Å². The van der Waals surface area contributed by atoms with Crippen molar-refractivity contribution in [3.63, 3.8) is 0 Å². The molecule has 0 saturated carbocycles. The van der Waals surface area contributed by atoms with Gasteiger partial charge in [-0.1, -0.05) is 182 Å². The first-order valence-corrected chi connectivity index (χ1v) is 24.9. The van der Waals surface area contributed by atoms with E-state index in [1.54, 1.807) is 84.9 Å². The summed E-state index contributed by atoms with van der Waals surface area (Å²) in [6.45, 7) is -0.915. The molecule has 0 aliphatic carbocycles. The lowest BCUT2D eigenvalue weighted by Crippen LogP contribution is -2.64. The SMILES string of the molecule is O=S(=O)(O[C@@H]1[C@H](OCc2ccccc2)[C@@H](OCc2ccccc2)[C@H](OC[C@H]2O[C@H](O)[C@H](OCc3ccccc3)[C@@H](OCc3ccccc3)[C@@H]2OCc2ccccc2)O[C@@H]1COCc1ccccc1)C(F)(F)F. The van der Waals surface area contributed by atoms with Crippen molar-refractivity contribution in [3.05, 3.63) is 215 Å². The molecule has 1 N–H and O–H groups in total. The van der Waals surface area contributed by atoms with Crippen LogP contribution in [0.5, 0.6) is 0 Å². The smallest absolute Gasteiger partial charge is 0.374 e. The topological polar surface area (TPSA) is 147 Å². The molecule has 6 aromatic carbocycles. The standard InChI is InChI=1S/C55H57F3O13S/c56-55(57,58)72(60,61)71-48-45(37-62-31-39-19-7-1-8-20-39)70-54(52(67-36-44-29-17-6-18-30-44)50(48)65-34-42-25-13-4-14-26-42)68-38-46-47(63-32-40-21-9-2-10-22-40)49(64-33-41-23-11-3-12-24-41)51(53(59)69-46)66-35-43-27-15-5-16-28-43/h1-30,45-54,59H,31-38H2/t45-,46-,47-,48+,49+,50+,51-,52-,53+,54-/m1/s1. The van der Waals surface area contributed by atoms with Crippen molar-refractivity contribution >= 4 is 10.1 Å². The third-order valence-electron chi connectivity index (χ3n) is 12.0. The van der Waals surface area contributed by atoms with Crippen molar-refractivity contribution in [2.24, 2.45) is 0 Å². The first-order chi connectivity index (χ1) is 35.0. The number of aliphatic hydroxyl groups is 1. The van der Waals surface area contributed by atoms with Crippen LogP contribution in [0.4, 0.5) is 13.2 Å². The maximum atomic E-state index is 14.3. The van der Waals surface area contributed by atoms with E-state index in [9.17, 15) is 26.7 Å². The molecule has 13 nitrogen and oxygen atoms in total. The van der Waals surface area contributed by atoms with Gasteiger partial charge in [-0.15, -0.1) is 0 Å². The van der Waals surface area contributed by atoms with Crippen molar-refractivity contribution in [3.8, 4) is 0 Å². The maximum absolute atomic E-state index is 14.3. The van der Waals surface area contributed by atoms with Gasteiger partial charge in [-0.25, -0.2) is 0 Å². The summed E-state index contributed by atoms with van der Waals surface area (Å²) in [6, 6.07) is 55.0. The quantitative estimate of drug-likeness (QED) is 0.0456. The predicted molar refractivity (Wildman–Crippen MR) is 257 cm³/mol. The molecule has 2 aliphatic rings. The molecule has 8 rings (SSSR count). The van der Waals surface area contributed by atoms with Gasteiger partial charge in [0.25, 0.3) is 0 Å². The van der Waals surface area contributed by atoms with Gasteiger partial charge in [-0.05, 0) is 33.4 Å². The van der Waals surface area contributed by atoms with Crippen LogP contribution in [0, 0.1) is 0 Å². The Morgan fingerprint density at radius 2 is 0.736 bits per heavy atom. The van der Waals surface area contributed by atoms with Crippen molar-refractivity contribution in [1.29, 1.82) is 0 Å². The lowest BCUT2D eigenvalue weighted by Gasteiger charge is -2.47. The zero-order valence-corrected chi connectivity index (χ0v) is 40.0. The van der Waals surface area contributed by atoms with Crippen molar-refractivity contribution in [2.75, 3.05) is 13.2 Å². The van der Waals surface area contributed by atoms with Crippen LogP contribution >= 0.6 is 0 Å². The van der Waals surface area contributed by atoms with Crippen LogP contribution in [0.3, 0.4) is 0 Å². The first-order valence-electron chi connectivity index (χ1n) is 23.5. The van der Waals surface area contributed by atoms with Crippen LogP contribution in [0.25, 0.3) is 0 Å². The molecule has 0 unspecified atom stereocenters. The van der Waals surface area contributed by atoms with Crippen LogP contribution < -0.4 is 0 Å². The van der Waals surface area contributed by atoms with Crippen LogP contribution in [-0.4, -0.2) is 93.7 Å². The molecule has 2 fully saturated rings. The van der Waals surface area contributed by atoms with Gasteiger partial charge < -0.3 is 47.7 Å². The number of aliphatic hydroxyl groups excluding tert-OH is 1. The summed E-state index contributed by atoms with van der Waals surface area (Å²) in [7, 11) is -6.27. The minimum Gasteiger partial charge on any atom is -0.374 e. The van der Waals surface area contributed by atoms with E-state index in [2.05, 4.69) is 0 Å². The number of rotatable bonds is 24. The Morgan fingerprint density at radius 3 is 1.14 bits per heavy atom. The Hall–Kier alpha value is -5.38. The van der Waals surface area contributed by atoms with Crippen LogP contribution in [0.2, 0.25) is 0 Å². The van der Waals surface area contributed by atoms with Crippen LogP contribution in [-0.2, 0) is 96.6 Å². The molecule has 2 aliphatic heterocycles. The average Bonchev–Trinajstić information content (AvgIpc) is 3.40. The lowest BCUT2D eigenvalue weighted by atomic mass is 9.97. The van der Waals surface area contributed by atoms with E-state index in [1.807, 2.05) is 97.1 Å². The van der Waals surface area contributed by atoms with Gasteiger partial charge in [0.05, 0.1) is 52.9 Å². The number of ether oxygens (including phenoxy) is 9. The fourth-order valence-corrected chi connectivity index (χ4v) is 8.95. The van der Waals surface area contributed by atoms with Crippen molar-refractivity contribution in [2.45, 2.75) is 107 Å². The van der Waals surface area contributed by atoms with Crippen molar-refractivity contribution in [1.82, 2.24) is 0 Å². The highest BCUT2D eigenvalue weighted by Crippen LogP contribution is 2.37. The third kappa shape index (κ3) is 14.9. The Morgan fingerprint density at radius 1 is 0.403 bits per heavy atom. The Labute approximate surface area is 417 Å². The molecule has 10 atom stereocenters. The van der Waals surface area contributed by atoms with E-state index in [-0.39, 0.29) is 39.6 Å². The molecule has 382 valence electrons. The second-order valence-electron chi connectivity index (χ2n) is 17.2. The van der Waals surface area contributed by atoms with Gasteiger partial charge in [-0.3, -0.25) is 4.18 Å². The van der Waals surface area contributed by atoms with Gasteiger partial charge in [-0.2, -0.15) is 21.6 Å². The molecular formula is C55H57F3O13S. The maximum Gasteiger partial charge on any atom is 0.523 e. The number of benzene rings is 6. The molecule has 0 radical (unpaired) electrons. The van der Waals surface area contributed by atoms with Gasteiger partial charge in [0, 0.05) is 0 Å². The molecule has 0 amide bonds. The van der Waals surface area contributed by atoms with Crippen LogP contribution in [0.15, 0.2) is 182 Å². The summed E-state index contributed by atoms with van der Waals surface area (Å²) >= 11 is 0. The first kappa shape index (κ1) is 52.9. The molecule has 17 heteroatoms. The second kappa shape index (κ2) is 26.0. The summed E-state index contributed by atoms with van der Waals surface area (Å²) in [5, 5.41) is 11.9. The summed E-state index contributed by atoms with van der Waals surface area (Å²) < 4.78 is 132. The fourth-order valence-electron chi connectivity index (χ4n) is 8.32. The number of hydrogen-bond donors (Lipinski definition) is 1. The lowest BCUT2D eigenvalue weighted by molar-refractivity contribution is -0.344. The average molecular weight is 1020 g/mol. The Kier molecular flexibility index (Phi) is 19.1. The third-order valence-corrected chi connectivity index (χ3v) is 13.0. The summed E-state index contributed by atoms with van der Waals surface area (Å²) in [6.07, 6.45) is -13.9. The van der Waals surface area contributed by atoms with E-state index in [0.717, 1.165) is 22.3 Å². The minimum absolute atomic E-state index is 0.0133. The summed E-state index contributed by atoms with van der Waals surface area (Å²) in [5.74, 6) is 0. The molecule has 0 bridgehead atoms.